The summed E-state index contributed by atoms with van der Waals surface area (Å²) in [7, 11) is 0. The SMILES string of the molecule is C=CCn1cc(CC)nc1N1CCCNCC1. The van der Waals surface area contributed by atoms with Gasteiger partial charge in [-0.3, -0.25) is 0 Å². The van der Waals surface area contributed by atoms with Gasteiger partial charge in [0.25, 0.3) is 0 Å². The minimum atomic E-state index is 0.840. The first kappa shape index (κ1) is 12.2. The lowest BCUT2D eigenvalue weighted by molar-refractivity contribution is 0.720. The van der Waals surface area contributed by atoms with Crippen molar-refractivity contribution in [2.45, 2.75) is 26.3 Å². The number of rotatable bonds is 4. The number of allylic oxidation sites excluding steroid dienone is 1. The lowest BCUT2D eigenvalue weighted by Gasteiger charge is -2.21. The Bertz CT molecular complexity index is 361. The number of aromatic nitrogens is 2. The average molecular weight is 234 g/mol. The maximum Gasteiger partial charge on any atom is 0.206 e. The Hall–Kier alpha value is -1.29. The molecular formula is C13H22N4. The van der Waals surface area contributed by atoms with E-state index >= 15 is 0 Å². The van der Waals surface area contributed by atoms with Gasteiger partial charge in [-0.1, -0.05) is 13.0 Å². The summed E-state index contributed by atoms with van der Waals surface area (Å²) in [4.78, 5) is 7.10. The highest BCUT2D eigenvalue weighted by molar-refractivity contribution is 5.34. The Morgan fingerprint density at radius 1 is 1.47 bits per heavy atom. The molecule has 0 saturated carbocycles. The third-order valence-corrected chi connectivity index (χ3v) is 3.12. The molecule has 1 N–H and O–H groups in total. The molecule has 17 heavy (non-hydrogen) atoms. The molecule has 0 amide bonds. The smallest absolute Gasteiger partial charge is 0.206 e. The highest BCUT2D eigenvalue weighted by Gasteiger charge is 2.15. The van der Waals surface area contributed by atoms with E-state index in [1.54, 1.807) is 0 Å². The molecule has 94 valence electrons. The van der Waals surface area contributed by atoms with Gasteiger partial charge in [-0.05, 0) is 19.4 Å². The minimum Gasteiger partial charge on any atom is -0.341 e. The molecule has 1 aliphatic heterocycles. The number of imidazole rings is 1. The molecule has 1 aromatic rings. The molecule has 4 nitrogen and oxygen atoms in total. The van der Waals surface area contributed by atoms with E-state index in [0.717, 1.165) is 45.1 Å². The van der Waals surface area contributed by atoms with Crippen molar-refractivity contribution < 1.29 is 0 Å². The van der Waals surface area contributed by atoms with Crippen LogP contribution < -0.4 is 10.2 Å². The summed E-state index contributed by atoms with van der Waals surface area (Å²) in [5, 5.41) is 3.42. The van der Waals surface area contributed by atoms with Crippen molar-refractivity contribution in [1.82, 2.24) is 14.9 Å². The van der Waals surface area contributed by atoms with Gasteiger partial charge in [0.05, 0.1) is 5.69 Å². The summed E-state index contributed by atoms with van der Waals surface area (Å²) in [5.74, 6) is 1.10. The van der Waals surface area contributed by atoms with Crippen LogP contribution in [0.4, 0.5) is 5.95 Å². The Morgan fingerprint density at radius 2 is 2.35 bits per heavy atom. The standard InChI is InChI=1S/C13H22N4/c1-3-8-17-11-12(4-2)15-13(17)16-9-5-6-14-7-10-16/h3,11,14H,1,4-10H2,2H3. The van der Waals surface area contributed by atoms with Crippen LogP contribution in [0, 0.1) is 0 Å². The molecule has 1 saturated heterocycles. The summed E-state index contributed by atoms with van der Waals surface area (Å²) < 4.78 is 2.21. The second-order valence-electron chi connectivity index (χ2n) is 4.42. The highest BCUT2D eigenvalue weighted by Crippen LogP contribution is 2.16. The fourth-order valence-electron chi connectivity index (χ4n) is 2.20. The second-order valence-corrected chi connectivity index (χ2v) is 4.42. The van der Waals surface area contributed by atoms with Crippen molar-refractivity contribution >= 4 is 5.95 Å². The van der Waals surface area contributed by atoms with Crippen molar-refractivity contribution in [3.63, 3.8) is 0 Å². The van der Waals surface area contributed by atoms with Gasteiger partial charge >= 0.3 is 0 Å². The van der Waals surface area contributed by atoms with Crippen LogP contribution in [0.25, 0.3) is 0 Å². The number of nitrogens with one attached hydrogen (secondary N) is 1. The average Bonchev–Trinajstić information content (AvgIpc) is 2.58. The van der Waals surface area contributed by atoms with E-state index < -0.39 is 0 Å². The Kier molecular flexibility index (Phi) is 4.20. The van der Waals surface area contributed by atoms with Gasteiger partial charge in [0, 0.05) is 32.4 Å². The van der Waals surface area contributed by atoms with Crippen LogP contribution >= 0.6 is 0 Å². The predicted octanol–water partition coefficient (Wildman–Crippen LogP) is 1.43. The van der Waals surface area contributed by atoms with Gasteiger partial charge in [-0.2, -0.15) is 0 Å². The van der Waals surface area contributed by atoms with E-state index in [-0.39, 0.29) is 0 Å². The zero-order chi connectivity index (χ0) is 12.1. The van der Waals surface area contributed by atoms with Crippen molar-refractivity contribution in [3.8, 4) is 0 Å². The van der Waals surface area contributed by atoms with Crippen molar-refractivity contribution in [2.24, 2.45) is 0 Å². The molecule has 1 aromatic heterocycles. The Morgan fingerprint density at radius 3 is 3.12 bits per heavy atom. The van der Waals surface area contributed by atoms with Crippen LogP contribution in [0.1, 0.15) is 19.0 Å². The van der Waals surface area contributed by atoms with Crippen molar-refractivity contribution in [3.05, 3.63) is 24.5 Å². The van der Waals surface area contributed by atoms with E-state index in [2.05, 4.69) is 34.5 Å². The molecule has 1 fully saturated rings. The van der Waals surface area contributed by atoms with Crippen LogP contribution in [0.15, 0.2) is 18.9 Å². The van der Waals surface area contributed by atoms with Crippen LogP contribution in [0.2, 0.25) is 0 Å². The molecule has 0 radical (unpaired) electrons. The number of anilines is 1. The molecule has 0 aromatic carbocycles. The first-order chi connectivity index (χ1) is 8.35. The lowest BCUT2D eigenvalue weighted by Crippen LogP contribution is -2.30. The topological polar surface area (TPSA) is 33.1 Å². The van der Waals surface area contributed by atoms with E-state index in [1.807, 2.05) is 6.08 Å². The zero-order valence-electron chi connectivity index (χ0n) is 10.7. The van der Waals surface area contributed by atoms with Gasteiger partial charge in [0.15, 0.2) is 0 Å². The zero-order valence-corrected chi connectivity index (χ0v) is 10.7. The molecule has 4 heteroatoms. The molecular weight excluding hydrogens is 212 g/mol. The molecule has 0 spiro atoms. The summed E-state index contributed by atoms with van der Waals surface area (Å²) in [6.45, 7) is 11.1. The lowest BCUT2D eigenvalue weighted by atomic mass is 10.4. The molecule has 0 unspecified atom stereocenters. The highest BCUT2D eigenvalue weighted by atomic mass is 15.3. The van der Waals surface area contributed by atoms with Crippen LogP contribution in [0.5, 0.6) is 0 Å². The monoisotopic (exact) mass is 234 g/mol. The molecule has 2 heterocycles. The predicted molar refractivity (Wildman–Crippen MR) is 71.5 cm³/mol. The van der Waals surface area contributed by atoms with Crippen molar-refractivity contribution in [2.75, 3.05) is 31.1 Å². The number of hydrogen-bond donors (Lipinski definition) is 1. The first-order valence-corrected chi connectivity index (χ1v) is 6.47. The minimum absolute atomic E-state index is 0.840. The Labute approximate surface area is 103 Å². The fourth-order valence-corrected chi connectivity index (χ4v) is 2.20. The second kappa shape index (κ2) is 5.87. The van der Waals surface area contributed by atoms with Gasteiger partial charge in [0.1, 0.15) is 0 Å². The van der Waals surface area contributed by atoms with Gasteiger partial charge in [0.2, 0.25) is 5.95 Å². The maximum absolute atomic E-state index is 4.73. The van der Waals surface area contributed by atoms with Gasteiger partial charge in [-0.25, -0.2) is 4.98 Å². The molecule has 0 aliphatic carbocycles. The summed E-state index contributed by atoms with van der Waals surface area (Å²) in [6, 6.07) is 0. The molecule has 0 bridgehead atoms. The molecule has 1 aliphatic rings. The fraction of sp³-hybridized carbons (Fsp3) is 0.615. The van der Waals surface area contributed by atoms with Gasteiger partial charge in [-0.15, -0.1) is 6.58 Å². The maximum atomic E-state index is 4.73. The normalized spacial score (nSPS) is 16.9. The molecule has 2 rings (SSSR count). The van der Waals surface area contributed by atoms with Crippen LogP contribution in [0.3, 0.4) is 0 Å². The molecule has 0 atom stereocenters. The van der Waals surface area contributed by atoms with E-state index in [1.165, 1.54) is 12.1 Å². The summed E-state index contributed by atoms with van der Waals surface area (Å²) >= 11 is 0. The summed E-state index contributed by atoms with van der Waals surface area (Å²) in [5.41, 5.74) is 1.17. The van der Waals surface area contributed by atoms with Crippen LogP contribution in [-0.2, 0) is 13.0 Å². The van der Waals surface area contributed by atoms with E-state index in [0.29, 0.717) is 0 Å². The summed E-state index contributed by atoms with van der Waals surface area (Å²) in [6.07, 6.45) is 6.25. The van der Waals surface area contributed by atoms with Gasteiger partial charge < -0.3 is 14.8 Å². The third kappa shape index (κ3) is 2.88. The van der Waals surface area contributed by atoms with E-state index in [9.17, 15) is 0 Å². The number of aryl methyl sites for hydroxylation is 1. The van der Waals surface area contributed by atoms with E-state index in [4.69, 9.17) is 4.98 Å². The first-order valence-electron chi connectivity index (χ1n) is 6.47. The Balaban J connectivity index is 2.21. The quantitative estimate of drug-likeness (QED) is 0.800. The third-order valence-electron chi connectivity index (χ3n) is 3.12. The number of nitrogens with zero attached hydrogens (tertiary/aromatic N) is 3. The van der Waals surface area contributed by atoms with Crippen LogP contribution in [-0.4, -0.2) is 35.7 Å². The van der Waals surface area contributed by atoms with Crippen molar-refractivity contribution in [1.29, 1.82) is 0 Å². The largest absolute Gasteiger partial charge is 0.341 e. The number of hydrogen-bond acceptors (Lipinski definition) is 3.